The smallest absolute Gasteiger partial charge is 0.261 e. The van der Waals surface area contributed by atoms with Crippen molar-refractivity contribution < 1.29 is 4.79 Å². The van der Waals surface area contributed by atoms with Gasteiger partial charge in [0.15, 0.2) is 0 Å². The lowest BCUT2D eigenvalue weighted by Crippen LogP contribution is -2.31. The normalized spacial score (nSPS) is 19.2. The van der Waals surface area contributed by atoms with Crippen molar-refractivity contribution in [2.24, 2.45) is 11.8 Å². The van der Waals surface area contributed by atoms with Gasteiger partial charge in [0.05, 0.1) is 10.9 Å². The lowest BCUT2D eigenvalue weighted by Gasteiger charge is -2.26. The highest BCUT2D eigenvalue weighted by Gasteiger charge is 2.25. The Bertz CT molecular complexity index is 720. The van der Waals surface area contributed by atoms with E-state index in [4.69, 9.17) is 0 Å². The molecule has 4 rings (SSSR count). The van der Waals surface area contributed by atoms with Gasteiger partial charge < -0.3 is 5.32 Å². The van der Waals surface area contributed by atoms with Crippen molar-refractivity contribution >= 4 is 17.2 Å². The van der Waals surface area contributed by atoms with Crippen molar-refractivity contribution in [3.8, 4) is 0 Å². The van der Waals surface area contributed by atoms with Crippen LogP contribution < -0.4 is 5.32 Å². The Morgan fingerprint density at radius 3 is 2.58 bits per heavy atom. The van der Waals surface area contributed by atoms with Gasteiger partial charge in [0, 0.05) is 17.3 Å². The monoisotopic (exact) mass is 369 g/mol. The minimum atomic E-state index is -0.0965. The van der Waals surface area contributed by atoms with Gasteiger partial charge in [-0.25, -0.2) is 9.97 Å². The molecule has 0 aliphatic heterocycles. The van der Waals surface area contributed by atoms with E-state index < -0.39 is 0 Å². The molecule has 26 heavy (non-hydrogen) atoms. The Balaban J connectivity index is 1.44. The number of thiophene rings is 1. The summed E-state index contributed by atoms with van der Waals surface area (Å²) in [6, 6.07) is 5.82. The summed E-state index contributed by atoms with van der Waals surface area (Å²) in [5, 5.41) is 3.23. The fraction of sp³-hybridized carbons (Fsp3) is 0.571. The standard InChI is InChI=1S/C21H27N3OS/c25-21(19-10-9-17(26-19)13-16-7-8-16)24-18(20-22-11-4-12-23-20)14-15-5-2-1-3-6-15/h4,9-12,15-16,18H,1-3,5-8,13-14H2,(H,24,25). The van der Waals surface area contributed by atoms with Crippen LogP contribution >= 0.6 is 11.3 Å². The molecule has 2 aromatic rings. The predicted molar refractivity (Wildman–Crippen MR) is 104 cm³/mol. The zero-order valence-electron chi connectivity index (χ0n) is 15.2. The summed E-state index contributed by atoms with van der Waals surface area (Å²) in [5.74, 6) is 2.26. The number of hydrogen-bond acceptors (Lipinski definition) is 4. The van der Waals surface area contributed by atoms with Crippen molar-refractivity contribution in [3.05, 3.63) is 46.2 Å². The predicted octanol–water partition coefficient (Wildman–Crippen LogP) is 4.93. The molecule has 0 saturated heterocycles. The van der Waals surface area contributed by atoms with Crippen molar-refractivity contribution in [1.29, 1.82) is 0 Å². The number of amides is 1. The van der Waals surface area contributed by atoms with E-state index in [0.717, 1.165) is 29.5 Å². The first-order valence-electron chi connectivity index (χ1n) is 9.94. The molecule has 1 atom stereocenters. The van der Waals surface area contributed by atoms with Crippen LogP contribution in [0.15, 0.2) is 30.6 Å². The fourth-order valence-electron chi connectivity index (χ4n) is 3.92. The molecule has 1 amide bonds. The van der Waals surface area contributed by atoms with E-state index in [-0.39, 0.29) is 11.9 Å². The highest BCUT2D eigenvalue weighted by atomic mass is 32.1. The lowest BCUT2D eigenvalue weighted by molar-refractivity contribution is 0.0930. The summed E-state index contributed by atoms with van der Waals surface area (Å²) in [4.78, 5) is 23.8. The summed E-state index contributed by atoms with van der Waals surface area (Å²) < 4.78 is 0. The SMILES string of the molecule is O=C(NC(CC1CCCCC1)c1ncccn1)c1ccc(CC2CC2)s1. The van der Waals surface area contributed by atoms with Gasteiger partial charge in [-0.05, 0) is 55.7 Å². The number of hydrogen-bond donors (Lipinski definition) is 1. The van der Waals surface area contributed by atoms with Crippen LogP contribution in [0.25, 0.3) is 0 Å². The number of nitrogens with zero attached hydrogens (tertiary/aromatic N) is 2. The van der Waals surface area contributed by atoms with Gasteiger partial charge in [-0.1, -0.05) is 32.1 Å². The highest BCUT2D eigenvalue weighted by molar-refractivity contribution is 7.14. The van der Waals surface area contributed by atoms with E-state index in [1.807, 2.05) is 12.1 Å². The number of carbonyl (C=O) groups excluding carboxylic acids is 1. The van der Waals surface area contributed by atoms with Gasteiger partial charge >= 0.3 is 0 Å². The molecule has 0 aromatic carbocycles. The fourth-order valence-corrected chi connectivity index (χ4v) is 4.95. The third-order valence-electron chi connectivity index (χ3n) is 5.57. The Hall–Kier alpha value is -1.75. The minimum Gasteiger partial charge on any atom is -0.341 e. The molecule has 1 N–H and O–H groups in total. The quantitative estimate of drug-likeness (QED) is 0.753. The second-order valence-electron chi connectivity index (χ2n) is 7.79. The molecule has 1 unspecified atom stereocenters. The van der Waals surface area contributed by atoms with E-state index in [1.54, 1.807) is 23.7 Å². The van der Waals surface area contributed by atoms with Gasteiger partial charge in [0.25, 0.3) is 5.91 Å². The first-order valence-corrected chi connectivity index (χ1v) is 10.8. The molecule has 2 fully saturated rings. The van der Waals surface area contributed by atoms with Crippen molar-refractivity contribution in [3.63, 3.8) is 0 Å². The summed E-state index contributed by atoms with van der Waals surface area (Å²) in [6.07, 6.45) is 14.7. The third kappa shape index (κ3) is 4.70. The van der Waals surface area contributed by atoms with Crippen LogP contribution in [-0.4, -0.2) is 15.9 Å². The third-order valence-corrected chi connectivity index (χ3v) is 6.68. The molecule has 0 spiro atoms. The van der Waals surface area contributed by atoms with Crippen LogP contribution in [0.4, 0.5) is 0 Å². The van der Waals surface area contributed by atoms with E-state index in [0.29, 0.717) is 5.92 Å². The van der Waals surface area contributed by atoms with Gasteiger partial charge in [0.1, 0.15) is 5.82 Å². The van der Waals surface area contributed by atoms with Crippen LogP contribution in [0.2, 0.25) is 0 Å². The molecule has 5 heteroatoms. The van der Waals surface area contributed by atoms with Crippen LogP contribution in [0.5, 0.6) is 0 Å². The minimum absolute atomic E-state index is 0.0188. The Morgan fingerprint density at radius 1 is 1.08 bits per heavy atom. The van der Waals surface area contributed by atoms with Crippen LogP contribution in [0, 0.1) is 11.8 Å². The molecule has 2 aromatic heterocycles. The maximum absolute atomic E-state index is 12.8. The average Bonchev–Trinajstić information content (AvgIpc) is 3.37. The second-order valence-corrected chi connectivity index (χ2v) is 8.95. The maximum atomic E-state index is 12.8. The van der Waals surface area contributed by atoms with E-state index >= 15 is 0 Å². The molecule has 2 aliphatic carbocycles. The number of nitrogens with one attached hydrogen (secondary N) is 1. The first-order chi connectivity index (χ1) is 12.8. The van der Waals surface area contributed by atoms with Crippen LogP contribution in [-0.2, 0) is 6.42 Å². The molecule has 2 saturated carbocycles. The average molecular weight is 370 g/mol. The van der Waals surface area contributed by atoms with Crippen molar-refractivity contribution in [1.82, 2.24) is 15.3 Å². The topological polar surface area (TPSA) is 54.9 Å². The summed E-state index contributed by atoms with van der Waals surface area (Å²) in [6.45, 7) is 0. The summed E-state index contributed by atoms with van der Waals surface area (Å²) >= 11 is 1.64. The number of rotatable bonds is 7. The van der Waals surface area contributed by atoms with Crippen LogP contribution in [0.1, 0.15) is 77.8 Å². The largest absolute Gasteiger partial charge is 0.341 e. The zero-order chi connectivity index (χ0) is 17.8. The molecule has 2 aliphatic rings. The number of carbonyl (C=O) groups is 1. The second kappa shape index (κ2) is 8.30. The Labute approximate surface area is 159 Å². The molecular formula is C21H27N3OS. The molecule has 138 valence electrons. The maximum Gasteiger partial charge on any atom is 0.261 e. The van der Waals surface area contributed by atoms with Gasteiger partial charge in [-0.15, -0.1) is 11.3 Å². The lowest BCUT2D eigenvalue weighted by atomic mass is 9.84. The summed E-state index contributed by atoms with van der Waals surface area (Å²) in [7, 11) is 0. The highest BCUT2D eigenvalue weighted by Crippen LogP contribution is 2.35. The van der Waals surface area contributed by atoms with E-state index in [1.165, 1.54) is 49.8 Å². The Kier molecular flexibility index (Phi) is 5.63. The summed E-state index contributed by atoms with van der Waals surface area (Å²) in [5.41, 5.74) is 0. The zero-order valence-corrected chi connectivity index (χ0v) is 16.0. The number of aromatic nitrogens is 2. The molecule has 2 heterocycles. The molecule has 0 radical (unpaired) electrons. The van der Waals surface area contributed by atoms with Crippen molar-refractivity contribution in [2.45, 2.75) is 63.8 Å². The molecule has 0 bridgehead atoms. The molecule has 4 nitrogen and oxygen atoms in total. The molecular weight excluding hydrogens is 342 g/mol. The van der Waals surface area contributed by atoms with E-state index in [2.05, 4.69) is 21.4 Å². The van der Waals surface area contributed by atoms with Gasteiger partial charge in [0.2, 0.25) is 0 Å². The first kappa shape index (κ1) is 17.7. The van der Waals surface area contributed by atoms with Gasteiger partial charge in [-0.3, -0.25) is 4.79 Å². The van der Waals surface area contributed by atoms with Crippen molar-refractivity contribution in [2.75, 3.05) is 0 Å². The van der Waals surface area contributed by atoms with E-state index in [9.17, 15) is 4.79 Å². The van der Waals surface area contributed by atoms with Gasteiger partial charge in [-0.2, -0.15) is 0 Å². The Morgan fingerprint density at radius 2 is 1.85 bits per heavy atom. The van der Waals surface area contributed by atoms with Crippen LogP contribution in [0.3, 0.4) is 0 Å².